The number of ether oxygens (including phenoxy) is 6. The zero-order valence-electron chi connectivity index (χ0n) is 78.4. The molecule has 0 fully saturated rings. The summed E-state index contributed by atoms with van der Waals surface area (Å²) in [6.45, 7) is 15.9. The molecule has 6 aliphatic carbocycles. The van der Waals surface area contributed by atoms with E-state index in [9.17, 15) is 0 Å². The monoisotopic (exact) mass is 1790 g/mol. The van der Waals surface area contributed by atoms with Crippen molar-refractivity contribution in [3.05, 3.63) is 309 Å². The van der Waals surface area contributed by atoms with Crippen LogP contribution in [0.3, 0.4) is 0 Å². The topological polar surface area (TPSA) is 274 Å². The van der Waals surface area contributed by atoms with Gasteiger partial charge in [-0.1, -0.05) is 164 Å². The largest absolute Gasteiger partial charge is 0.479 e. The van der Waals surface area contributed by atoms with Crippen LogP contribution in [0.1, 0.15) is 164 Å². The quantitative estimate of drug-likeness (QED) is 0.143. The lowest BCUT2D eigenvalue weighted by molar-refractivity contribution is 0.236. The van der Waals surface area contributed by atoms with Crippen LogP contribution in [0.25, 0.3) is 66.9 Å². The van der Waals surface area contributed by atoms with Crippen LogP contribution in [0, 0.1) is 34.0 Å². The lowest BCUT2D eigenvalue weighted by Gasteiger charge is -2.32. The van der Waals surface area contributed by atoms with Crippen molar-refractivity contribution in [3.63, 3.8) is 0 Å². The Morgan fingerprint density at radius 1 is 0.304 bits per heavy atom. The van der Waals surface area contributed by atoms with E-state index in [-0.39, 0.29) is 39.1 Å². The van der Waals surface area contributed by atoms with Crippen molar-refractivity contribution in [1.29, 1.82) is 15.8 Å². The summed E-state index contributed by atoms with van der Waals surface area (Å²) in [7, 11) is 5.89. The van der Waals surface area contributed by atoms with Crippen molar-refractivity contribution >= 4 is 41.3 Å². The summed E-state index contributed by atoms with van der Waals surface area (Å²) >= 11 is 0. The molecule has 0 N–H and O–H groups in total. The minimum Gasteiger partial charge on any atom is -0.479 e. The molecule has 24 rings (SSSR count). The first kappa shape index (κ1) is 89.6. The Morgan fingerprint density at radius 3 is 0.904 bits per heavy atom. The number of hydrogen-bond acceptors (Lipinski definition) is 21. The molecule has 680 valence electrons. The molecule has 6 unspecified atom stereocenters. The fourth-order valence-electron chi connectivity index (χ4n) is 21.9. The van der Waals surface area contributed by atoms with Crippen LogP contribution < -0.4 is 4.90 Å². The van der Waals surface area contributed by atoms with Gasteiger partial charge in [-0.15, -0.1) is 0 Å². The zero-order chi connectivity index (χ0) is 93.1. The number of nitrogens with zero attached hydrogens (tertiary/aromatic N) is 16. The molecule has 6 aliphatic heterocycles. The van der Waals surface area contributed by atoms with Gasteiger partial charge in [0, 0.05) is 149 Å². The summed E-state index contributed by atoms with van der Waals surface area (Å²) in [6.07, 6.45) is 27.3. The molecule has 9 aromatic carbocycles. The van der Waals surface area contributed by atoms with Crippen molar-refractivity contribution in [1.82, 2.24) is 29.7 Å². The number of aliphatic imine (C=N–C) groups is 6. The summed E-state index contributed by atoms with van der Waals surface area (Å²) in [5.41, 5.74) is 31.9. The molecule has 135 heavy (non-hydrogen) atoms. The van der Waals surface area contributed by atoms with Gasteiger partial charge in [0.25, 0.3) is 0 Å². The zero-order valence-corrected chi connectivity index (χ0v) is 78.4. The highest BCUT2D eigenvalue weighted by Crippen LogP contribution is 2.47. The van der Waals surface area contributed by atoms with Gasteiger partial charge in [-0.2, -0.15) is 20.9 Å². The molecule has 6 spiro atoms. The van der Waals surface area contributed by atoms with E-state index in [1.165, 1.54) is 106 Å². The van der Waals surface area contributed by atoms with Gasteiger partial charge in [-0.25, -0.2) is 49.9 Å². The minimum absolute atomic E-state index is 0.0258. The Labute approximate surface area is 790 Å². The Kier molecular flexibility index (Phi) is 25.1. The summed E-state index contributed by atoms with van der Waals surface area (Å²) in [6, 6.07) is 73.9. The van der Waals surface area contributed by atoms with Crippen LogP contribution in [0.4, 0.5) is 5.95 Å². The fourth-order valence-corrected chi connectivity index (χ4v) is 21.9. The molecule has 0 radical (unpaired) electrons. The molecule has 0 saturated carbocycles. The fraction of sp³-hybridized carbons (Fsp3) is 0.345. The predicted molar refractivity (Wildman–Crippen MR) is 531 cm³/mol. The van der Waals surface area contributed by atoms with Crippen molar-refractivity contribution in [3.8, 4) is 85.1 Å². The van der Waals surface area contributed by atoms with Gasteiger partial charge in [-0.05, 0) is 219 Å². The molecule has 3 aromatic heterocycles. The van der Waals surface area contributed by atoms with E-state index in [0.717, 1.165) is 198 Å². The van der Waals surface area contributed by atoms with E-state index >= 15 is 0 Å². The molecule has 22 nitrogen and oxygen atoms in total. The summed E-state index contributed by atoms with van der Waals surface area (Å²) in [4.78, 5) is 47.8. The van der Waals surface area contributed by atoms with E-state index in [0.29, 0.717) is 37.6 Å². The third kappa shape index (κ3) is 19.1. The lowest BCUT2D eigenvalue weighted by atomic mass is 9.76. The molecular weight excluding hydrogens is 1680 g/mol. The van der Waals surface area contributed by atoms with Crippen LogP contribution in [0.2, 0.25) is 0 Å². The summed E-state index contributed by atoms with van der Waals surface area (Å²) in [5, 5.41) is 31.3. The number of aromatic nitrogens is 6. The second-order valence-electron chi connectivity index (χ2n) is 38.2. The maximum atomic E-state index is 9.16. The Balaban J connectivity index is 0.000000104. The van der Waals surface area contributed by atoms with E-state index < -0.39 is 0 Å². The van der Waals surface area contributed by atoms with Crippen LogP contribution in [0.15, 0.2) is 255 Å². The molecular formula is C113H112N16O6. The SMILES string of the molecule is CC1=NC2(CCc3cccc(-c4ccc(C#N)cc4)c3C2)CO1.CC1=NC2(CCc3cccc(-c4cccc(C#N)c4)c3C2)CO1.CC1=NC2(CCc3cccc(-c4ccccc4)c3C2)CO1.CC1=NC2(CCc3cccc(-c4ccnn4C)c3C2)CO1.CC1=NC2(CCc3cccc(-c4cnc(C#N)nc4)c3C2)CO1.CC1=NC2(CCc3cccc(-c4cnc(N(C)C)nc4)c3C2)CO1. The average Bonchev–Trinajstić information content (AvgIpc) is 1.78. The van der Waals surface area contributed by atoms with E-state index in [2.05, 4.69) is 189 Å². The standard InChI is InChI=1S/2C20H18N2O.C19H22N4O.C19H19NO.C18H16N4O.C17H19N3O/c1-14-22-20(13-23-14)9-8-16-5-3-7-18(19(16)11-20)17-6-2-4-15(10-17)12-21;1-14-22-20(13-23-14)10-9-16-3-2-4-18(19(16)11-20)17-7-5-15(12-21)6-8-17;1-13-22-19(12-24-13)8-7-14-5-4-6-16(17(14)9-19)15-10-20-18(21-11-15)23(2)3;1-14-20-19(13-21-14)11-10-16-8-5-9-17(18(16)12-19)15-6-3-2-4-7-15;1-12-22-18(11-23-12)6-5-13-3-2-4-15(16(13)7-18)14-9-20-17(8-19)21-10-14;1-12-19-17(11-21-12)8-6-13-4-3-5-14(15(13)10-17)16-7-9-18-20(16)2/h2-7,10H,8-9,11,13H2,1H3;2-8H,9-11,13H2,1H3;4-6,10-11H,7-9,12H2,1-3H3;2-9H,10-13H2,1H3;2-4,9-10H,5-7,11H2,1H3;3-5,7,9H,6,8,10-11H2,1-2H3. The van der Waals surface area contributed by atoms with Gasteiger partial charge < -0.3 is 33.3 Å². The first-order chi connectivity index (χ1) is 65.6. The maximum absolute atomic E-state index is 9.16. The second kappa shape index (κ2) is 37.8. The van der Waals surface area contributed by atoms with Gasteiger partial charge >= 0.3 is 0 Å². The van der Waals surface area contributed by atoms with E-state index in [1.807, 2.05) is 139 Å². The van der Waals surface area contributed by atoms with Crippen molar-refractivity contribution in [2.45, 2.75) is 190 Å². The molecule has 12 aromatic rings. The number of hydrogen-bond donors (Lipinski definition) is 0. The van der Waals surface area contributed by atoms with Crippen molar-refractivity contribution < 1.29 is 28.4 Å². The molecule has 12 aliphatic rings. The highest BCUT2D eigenvalue weighted by Gasteiger charge is 2.46. The van der Waals surface area contributed by atoms with Gasteiger partial charge in [0.2, 0.25) is 11.8 Å². The first-order valence-corrected chi connectivity index (χ1v) is 47.1. The Morgan fingerprint density at radius 2 is 0.600 bits per heavy atom. The van der Waals surface area contributed by atoms with Gasteiger partial charge in [0.05, 0.1) is 29.0 Å². The van der Waals surface area contributed by atoms with Gasteiger partial charge in [0.15, 0.2) is 35.4 Å². The highest BCUT2D eigenvalue weighted by atomic mass is 16.5. The Bertz CT molecular complexity index is 6710. The number of rotatable bonds is 7. The number of fused-ring (bicyclic) bond motifs is 6. The number of anilines is 1. The van der Waals surface area contributed by atoms with Crippen molar-refractivity contribution in [2.75, 3.05) is 58.6 Å². The Hall–Kier alpha value is -14.6. The van der Waals surface area contributed by atoms with Crippen LogP contribution >= 0.6 is 0 Å². The third-order valence-electron chi connectivity index (χ3n) is 28.7. The molecule has 6 atom stereocenters. The number of aryl methyl sites for hydroxylation is 7. The van der Waals surface area contributed by atoms with E-state index in [4.69, 9.17) is 74.2 Å². The first-order valence-electron chi connectivity index (χ1n) is 47.1. The molecule has 22 heteroatoms. The maximum Gasteiger partial charge on any atom is 0.232 e. The summed E-state index contributed by atoms with van der Waals surface area (Å²) in [5.74, 6) is 5.81. The molecule has 9 heterocycles. The summed E-state index contributed by atoms with van der Waals surface area (Å²) < 4.78 is 35.8. The van der Waals surface area contributed by atoms with Crippen LogP contribution in [-0.2, 0) is 113 Å². The molecule has 0 saturated heterocycles. The van der Waals surface area contributed by atoms with E-state index in [1.54, 1.807) is 12.4 Å². The van der Waals surface area contributed by atoms with Crippen LogP contribution in [-0.4, -0.2) is 152 Å². The normalized spacial score (nSPS) is 22.6. The lowest BCUT2D eigenvalue weighted by Crippen LogP contribution is -2.35. The highest BCUT2D eigenvalue weighted by molar-refractivity contribution is 5.82. The molecule has 0 bridgehead atoms. The second-order valence-corrected chi connectivity index (χ2v) is 38.2. The van der Waals surface area contributed by atoms with Gasteiger partial charge in [-0.3, -0.25) is 4.68 Å². The van der Waals surface area contributed by atoms with Gasteiger partial charge in [0.1, 0.15) is 78.9 Å². The van der Waals surface area contributed by atoms with Crippen molar-refractivity contribution in [2.24, 2.45) is 37.0 Å². The average molecular weight is 1790 g/mol. The third-order valence-corrected chi connectivity index (χ3v) is 28.7. The molecule has 0 amide bonds. The van der Waals surface area contributed by atoms with Crippen LogP contribution in [0.5, 0.6) is 0 Å². The smallest absolute Gasteiger partial charge is 0.232 e. The number of benzene rings is 9. The predicted octanol–water partition coefficient (Wildman–Crippen LogP) is 20.2. The number of nitriles is 3. The minimum atomic E-state index is -0.124.